The van der Waals surface area contributed by atoms with Gasteiger partial charge < -0.3 is 9.73 Å². The summed E-state index contributed by atoms with van der Waals surface area (Å²) >= 11 is 0. The van der Waals surface area contributed by atoms with Gasteiger partial charge in [-0.05, 0) is 38.4 Å². The summed E-state index contributed by atoms with van der Waals surface area (Å²) in [6, 6.07) is 4.68. The van der Waals surface area contributed by atoms with Crippen LogP contribution in [0.25, 0.3) is 11.5 Å². The van der Waals surface area contributed by atoms with Crippen molar-refractivity contribution in [3.8, 4) is 11.5 Å². The van der Waals surface area contributed by atoms with Gasteiger partial charge in [0.15, 0.2) is 0 Å². The number of rotatable bonds is 6. The van der Waals surface area contributed by atoms with E-state index >= 15 is 0 Å². The molecule has 0 spiro atoms. The second-order valence-corrected chi connectivity index (χ2v) is 4.94. The van der Waals surface area contributed by atoms with E-state index in [0.717, 1.165) is 18.5 Å². The molecule has 7 heteroatoms. The van der Waals surface area contributed by atoms with Crippen molar-refractivity contribution in [3.05, 3.63) is 39.8 Å². The lowest BCUT2D eigenvalue weighted by molar-refractivity contribution is -0.384. The van der Waals surface area contributed by atoms with E-state index in [-0.39, 0.29) is 11.7 Å². The molecule has 0 saturated carbocycles. The molecule has 1 unspecified atom stereocenters. The van der Waals surface area contributed by atoms with Gasteiger partial charge in [-0.1, -0.05) is 6.92 Å². The monoisotopic (exact) mass is 290 g/mol. The zero-order valence-corrected chi connectivity index (χ0v) is 12.3. The second kappa shape index (κ2) is 6.45. The Kier molecular flexibility index (Phi) is 4.64. The molecule has 112 valence electrons. The molecule has 21 heavy (non-hydrogen) atoms. The molecule has 0 aliphatic rings. The average molecular weight is 290 g/mol. The second-order valence-electron chi connectivity index (χ2n) is 4.94. The van der Waals surface area contributed by atoms with Gasteiger partial charge in [-0.25, -0.2) is 0 Å². The zero-order chi connectivity index (χ0) is 15.4. The van der Waals surface area contributed by atoms with Crippen molar-refractivity contribution < 1.29 is 9.34 Å². The quantitative estimate of drug-likeness (QED) is 0.649. The van der Waals surface area contributed by atoms with E-state index in [9.17, 15) is 10.1 Å². The number of aryl methyl sites for hydroxylation is 1. The predicted molar refractivity (Wildman–Crippen MR) is 77.8 cm³/mol. The summed E-state index contributed by atoms with van der Waals surface area (Å²) in [7, 11) is 0. The maximum absolute atomic E-state index is 10.9. The highest BCUT2D eigenvalue weighted by molar-refractivity contribution is 5.59. The number of nitrogens with one attached hydrogen (secondary N) is 1. The first-order valence-corrected chi connectivity index (χ1v) is 6.84. The minimum absolute atomic E-state index is 0.0157. The smallest absolute Gasteiger partial charge is 0.270 e. The molecule has 0 radical (unpaired) electrons. The topological polar surface area (TPSA) is 94.1 Å². The van der Waals surface area contributed by atoms with E-state index in [4.69, 9.17) is 4.42 Å². The Labute approximate surface area is 122 Å². The normalized spacial score (nSPS) is 12.3. The highest BCUT2D eigenvalue weighted by Crippen LogP contribution is 2.26. The number of non-ortho nitro benzene ring substituents is 1. The Hall–Kier alpha value is -2.28. The summed E-state index contributed by atoms with van der Waals surface area (Å²) in [5, 5.41) is 22.1. The van der Waals surface area contributed by atoms with Gasteiger partial charge in [0.25, 0.3) is 5.69 Å². The number of benzene rings is 1. The van der Waals surface area contributed by atoms with Gasteiger partial charge in [0, 0.05) is 17.7 Å². The fourth-order valence-corrected chi connectivity index (χ4v) is 1.97. The maximum atomic E-state index is 10.9. The van der Waals surface area contributed by atoms with Crippen LogP contribution >= 0.6 is 0 Å². The third-order valence-electron chi connectivity index (χ3n) is 3.03. The summed E-state index contributed by atoms with van der Waals surface area (Å²) < 4.78 is 5.61. The van der Waals surface area contributed by atoms with E-state index < -0.39 is 4.92 Å². The highest BCUT2D eigenvalue weighted by Gasteiger charge is 2.17. The molecule has 7 nitrogen and oxygen atoms in total. The summed E-state index contributed by atoms with van der Waals surface area (Å²) in [5.74, 6) is 0.768. The molecule has 0 fully saturated rings. The lowest BCUT2D eigenvalue weighted by atomic mass is 10.1. The SMILES string of the molecule is CCCNC(C)c1nnc(-c2cc(C)cc([N+](=O)[O-])c2)o1. The molecule has 1 N–H and O–H groups in total. The fourth-order valence-electron chi connectivity index (χ4n) is 1.97. The number of nitro benzene ring substituents is 1. The van der Waals surface area contributed by atoms with Crippen LogP contribution < -0.4 is 5.32 Å². The Morgan fingerprint density at radius 1 is 1.38 bits per heavy atom. The molecule has 1 atom stereocenters. The van der Waals surface area contributed by atoms with Crippen molar-refractivity contribution in [3.63, 3.8) is 0 Å². The van der Waals surface area contributed by atoms with Crippen molar-refractivity contribution in [2.45, 2.75) is 33.2 Å². The van der Waals surface area contributed by atoms with E-state index in [1.165, 1.54) is 12.1 Å². The van der Waals surface area contributed by atoms with Crippen molar-refractivity contribution in [2.75, 3.05) is 6.54 Å². The number of nitrogens with zero attached hydrogens (tertiary/aromatic N) is 3. The summed E-state index contributed by atoms with van der Waals surface area (Å²) in [4.78, 5) is 10.5. The minimum Gasteiger partial charge on any atom is -0.419 e. The number of aromatic nitrogens is 2. The van der Waals surface area contributed by atoms with Crippen LogP contribution in [0, 0.1) is 17.0 Å². The predicted octanol–water partition coefficient (Wildman–Crippen LogP) is 3.01. The molecule has 0 saturated heterocycles. The largest absolute Gasteiger partial charge is 0.419 e. The van der Waals surface area contributed by atoms with Crippen LogP contribution in [0.15, 0.2) is 22.6 Å². The maximum Gasteiger partial charge on any atom is 0.270 e. The van der Waals surface area contributed by atoms with Crippen LogP contribution in [0.2, 0.25) is 0 Å². The number of nitro groups is 1. The van der Waals surface area contributed by atoms with Gasteiger partial charge in [-0.2, -0.15) is 0 Å². The lowest BCUT2D eigenvalue weighted by Crippen LogP contribution is -2.19. The Balaban J connectivity index is 2.27. The molecule has 0 bridgehead atoms. The van der Waals surface area contributed by atoms with Crippen LogP contribution in [0.5, 0.6) is 0 Å². The summed E-state index contributed by atoms with van der Waals surface area (Å²) in [5.41, 5.74) is 1.35. The fraction of sp³-hybridized carbons (Fsp3) is 0.429. The van der Waals surface area contributed by atoms with E-state index in [2.05, 4.69) is 22.4 Å². The molecular formula is C14H18N4O3. The van der Waals surface area contributed by atoms with Crippen molar-refractivity contribution in [1.82, 2.24) is 15.5 Å². The van der Waals surface area contributed by atoms with E-state index in [0.29, 0.717) is 17.3 Å². The van der Waals surface area contributed by atoms with Gasteiger partial charge in [-0.3, -0.25) is 10.1 Å². The van der Waals surface area contributed by atoms with Crippen LogP contribution in [0.4, 0.5) is 5.69 Å². The average Bonchev–Trinajstić information content (AvgIpc) is 2.94. The van der Waals surface area contributed by atoms with Gasteiger partial charge in [-0.15, -0.1) is 10.2 Å². The van der Waals surface area contributed by atoms with Crippen molar-refractivity contribution >= 4 is 5.69 Å². The van der Waals surface area contributed by atoms with Gasteiger partial charge in [0.2, 0.25) is 11.8 Å². The van der Waals surface area contributed by atoms with E-state index in [1.807, 2.05) is 6.92 Å². The number of hydrogen-bond donors (Lipinski definition) is 1. The zero-order valence-electron chi connectivity index (χ0n) is 12.3. The lowest BCUT2D eigenvalue weighted by Gasteiger charge is -2.07. The highest BCUT2D eigenvalue weighted by atomic mass is 16.6. The third-order valence-corrected chi connectivity index (χ3v) is 3.03. The standard InChI is InChI=1S/C14H18N4O3/c1-4-5-15-10(3)13-16-17-14(21-13)11-6-9(2)7-12(8-11)18(19)20/h6-8,10,15H,4-5H2,1-3H3. The molecule has 2 aromatic rings. The van der Waals surface area contributed by atoms with Crippen LogP contribution in [0.3, 0.4) is 0 Å². The first kappa shape index (κ1) is 15.1. The van der Waals surface area contributed by atoms with Crippen molar-refractivity contribution in [1.29, 1.82) is 0 Å². The molecule has 1 aromatic heterocycles. The Morgan fingerprint density at radius 2 is 2.14 bits per heavy atom. The number of hydrogen-bond acceptors (Lipinski definition) is 6. The summed E-state index contributed by atoms with van der Waals surface area (Å²) in [6.45, 7) is 6.66. The Morgan fingerprint density at radius 3 is 2.81 bits per heavy atom. The van der Waals surface area contributed by atoms with Crippen LogP contribution in [-0.2, 0) is 0 Å². The van der Waals surface area contributed by atoms with Gasteiger partial charge in [0.1, 0.15) is 0 Å². The molecule has 0 amide bonds. The third kappa shape index (κ3) is 3.63. The first-order valence-electron chi connectivity index (χ1n) is 6.84. The molecule has 2 rings (SSSR count). The van der Waals surface area contributed by atoms with Crippen LogP contribution in [-0.4, -0.2) is 21.7 Å². The van der Waals surface area contributed by atoms with Crippen LogP contribution in [0.1, 0.15) is 37.8 Å². The first-order chi connectivity index (χ1) is 10.0. The van der Waals surface area contributed by atoms with Gasteiger partial charge >= 0.3 is 0 Å². The molecule has 0 aliphatic carbocycles. The molecule has 0 aliphatic heterocycles. The van der Waals surface area contributed by atoms with Crippen molar-refractivity contribution in [2.24, 2.45) is 0 Å². The molecule has 1 heterocycles. The van der Waals surface area contributed by atoms with E-state index in [1.54, 1.807) is 13.0 Å². The Bertz CT molecular complexity index is 639. The van der Waals surface area contributed by atoms with Gasteiger partial charge in [0.05, 0.1) is 11.0 Å². The minimum atomic E-state index is -0.431. The molecule has 1 aromatic carbocycles. The summed E-state index contributed by atoms with van der Waals surface area (Å²) in [6.07, 6.45) is 1.01. The molecular weight excluding hydrogens is 272 g/mol.